The first-order chi connectivity index (χ1) is 11.6. The number of fused-ring (bicyclic) bond motifs is 1. The fourth-order valence-electron chi connectivity index (χ4n) is 2.58. The quantitative estimate of drug-likeness (QED) is 0.766. The first-order valence-electron chi connectivity index (χ1n) is 7.66. The Hall–Kier alpha value is -3.15. The maximum absolute atomic E-state index is 11.8. The molecule has 1 aliphatic carbocycles. The predicted octanol–water partition coefficient (Wildman–Crippen LogP) is 3.54. The Morgan fingerprint density at radius 2 is 1.88 bits per heavy atom. The maximum atomic E-state index is 11.8. The highest BCUT2D eigenvalue weighted by molar-refractivity contribution is 5.98. The van der Waals surface area contributed by atoms with Gasteiger partial charge in [-0.05, 0) is 55.3 Å². The molecule has 24 heavy (non-hydrogen) atoms. The Morgan fingerprint density at radius 1 is 1.12 bits per heavy atom. The molecule has 1 amide bonds. The number of benzene rings is 2. The molecule has 1 saturated carbocycles. The molecule has 1 aliphatic rings. The highest BCUT2D eigenvalue weighted by Crippen LogP contribution is 2.32. The number of hydrogen-bond donors (Lipinski definition) is 2. The number of carboxylic acids is 1. The smallest absolute Gasteiger partial charge is 0.335 e. The van der Waals surface area contributed by atoms with Crippen LogP contribution in [0.3, 0.4) is 0 Å². The van der Waals surface area contributed by atoms with E-state index in [0.29, 0.717) is 16.7 Å². The first-order valence-corrected chi connectivity index (χ1v) is 7.66. The van der Waals surface area contributed by atoms with Gasteiger partial charge in [-0.3, -0.25) is 4.79 Å². The summed E-state index contributed by atoms with van der Waals surface area (Å²) in [4.78, 5) is 22.9. The van der Waals surface area contributed by atoms with E-state index in [-0.39, 0.29) is 17.4 Å². The van der Waals surface area contributed by atoms with Gasteiger partial charge in [0.1, 0.15) is 5.52 Å². The summed E-state index contributed by atoms with van der Waals surface area (Å²) in [6.07, 6.45) is 1.92. The van der Waals surface area contributed by atoms with Crippen LogP contribution < -0.4 is 5.32 Å². The molecule has 6 heteroatoms. The minimum Gasteiger partial charge on any atom is -0.478 e. The van der Waals surface area contributed by atoms with E-state index in [2.05, 4.69) is 10.5 Å². The fourth-order valence-corrected chi connectivity index (χ4v) is 2.58. The van der Waals surface area contributed by atoms with Gasteiger partial charge >= 0.3 is 5.97 Å². The van der Waals surface area contributed by atoms with E-state index in [1.807, 2.05) is 12.1 Å². The molecule has 0 spiro atoms. The van der Waals surface area contributed by atoms with E-state index in [0.717, 1.165) is 24.1 Å². The Morgan fingerprint density at radius 3 is 2.54 bits per heavy atom. The van der Waals surface area contributed by atoms with E-state index < -0.39 is 5.97 Å². The van der Waals surface area contributed by atoms with Crippen LogP contribution in [0.2, 0.25) is 0 Å². The summed E-state index contributed by atoms with van der Waals surface area (Å²) in [6.45, 7) is 0. The molecule has 2 aromatic carbocycles. The molecule has 3 aromatic rings. The van der Waals surface area contributed by atoms with E-state index in [4.69, 9.17) is 9.63 Å². The number of rotatable bonds is 4. The van der Waals surface area contributed by atoms with E-state index in [1.165, 1.54) is 6.07 Å². The third-order valence-corrected chi connectivity index (χ3v) is 4.09. The highest BCUT2D eigenvalue weighted by Gasteiger charge is 2.29. The molecule has 0 unspecified atom stereocenters. The Labute approximate surface area is 137 Å². The number of carboxylic acid groups (broad SMARTS) is 1. The minimum absolute atomic E-state index is 0.0546. The monoisotopic (exact) mass is 322 g/mol. The molecular formula is C18H14N2O4. The van der Waals surface area contributed by atoms with Crippen molar-refractivity contribution in [2.24, 2.45) is 5.92 Å². The largest absolute Gasteiger partial charge is 0.478 e. The van der Waals surface area contributed by atoms with Crippen molar-refractivity contribution >= 4 is 28.5 Å². The molecule has 0 aliphatic heterocycles. The van der Waals surface area contributed by atoms with Crippen LogP contribution in [0.1, 0.15) is 23.2 Å². The second-order valence-electron chi connectivity index (χ2n) is 5.89. The lowest BCUT2D eigenvalue weighted by atomic mass is 10.1. The van der Waals surface area contributed by atoms with Crippen molar-refractivity contribution in [1.29, 1.82) is 0 Å². The van der Waals surface area contributed by atoms with E-state index in [1.54, 1.807) is 24.3 Å². The molecule has 0 radical (unpaired) electrons. The Balaban J connectivity index is 1.65. The van der Waals surface area contributed by atoms with Crippen molar-refractivity contribution in [2.45, 2.75) is 12.8 Å². The number of aromatic nitrogens is 1. The van der Waals surface area contributed by atoms with Gasteiger partial charge in [0.05, 0.1) is 10.9 Å². The molecule has 0 saturated heterocycles. The minimum atomic E-state index is -0.998. The average Bonchev–Trinajstić information content (AvgIpc) is 3.35. The van der Waals surface area contributed by atoms with Crippen molar-refractivity contribution in [3.8, 4) is 11.3 Å². The molecule has 0 atom stereocenters. The Kier molecular flexibility index (Phi) is 3.30. The molecular weight excluding hydrogens is 308 g/mol. The van der Waals surface area contributed by atoms with Crippen molar-refractivity contribution in [2.75, 3.05) is 5.32 Å². The lowest BCUT2D eigenvalue weighted by Crippen LogP contribution is -2.12. The summed E-state index contributed by atoms with van der Waals surface area (Å²) in [5.74, 6) is -0.286. The zero-order chi connectivity index (χ0) is 16.7. The number of nitrogens with one attached hydrogen (secondary N) is 1. The number of hydrogen-bond acceptors (Lipinski definition) is 4. The summed E-state index contributed by atoms with van der Waals surface area (Å²) >= 11 is 0. The van der Waals surface area contributed by atoms with Crippen molar-refractivity contribution in [3.63, 3.8) is 0 Å². The number of carbonyl (C=O) groups is 2. The van der Waals surface area contributed by atoms with Crippen LogP contribution in [0.25, 0.3) is 22.2 Å². The molecule has 0 bridgehead atoms. The summed E-state index contributed by atoms with van der Waals surface area (Å²) in [5.41, 5.74) is 2.27. The Bertz CT molecular complexity index is 939. The van der Waals surface area contributed by atoms with Crippen molar-refractivity contribution < 1.29 is 19.2 Å². The topological polar surface area (TPSA) is 92.4 Å². The summed E-state index contributed by atoms with van der Waals surface area (Å²) in [5, 5.41) is 16.6. The number of carbonyl (C=O) groups excluding carboxylic acids is 1. The van der Waals surface area contributed by atoms with E-state index >= 15 is 0 Å². The van der Waals surface area contributed by atoms with E-state index in [9.17, 15) is 9.59 Å². The van der Waals surface area contributed by atoms with Crippen LogP contribution in [0.15, 0.2) is 47.0 Å². The first kappa shape index (κ1) is 14.4. The SMILES string of the molecule is O=C(O)c1ccc2noc(-c3ccc(NC(=O)C4CC4)cc3)c2c1. The standard InChI is InChI=1S/C18H14N2O4/c21-17(11-1-2-11)19-13-6-3-10(4-7-13)16-14-9-12(18(22)23)5-8-15(14)20-24-16/h3-9,11H,1-2H2,(H,19,21)(H,22,23). The third kappa shape index (κ3) is 2.62. The zero-order valence-electron chi connectivity index (χ0n) is 12.7. The highest BCUT2D eigenvalue weighted by atomic mass is 16.5. The number of amides is 1. The molecule has 1 heterocycles. The van der Waals surface area contributed by atoms with Crippen LogP contribution in [0, 0.1) is 5.92 Å². The number of anilines is 1. The van der Waals surface area contributed by atoms with Crippen LogP contribution >= 0.6 is 0 Å². The van der Waals surface area contributed by atoms with Gasteiger partial charge in [0.25, 0.3) is 0 Å². The third-order valence-electron chi connectivity index (χ3n) is 4.09. The van der Waals surface area contributed by atoms with Gasteiger partial charge in [0, 0.05) is 17.2 Å². The van der Waals surface area contributed by atoms with Gasteiger partial charge in [-0.2, -0.15) is 0 Å². The predicted molar refractivity (Wildman–Crippen MR) is 87.8 cm³/mol. The van der Waals surface area contributed by atoms with Crippen LogP contribution in [0.5, 0.6) is 0 Å². The van der Waals surface area contributed by atoms with Gasteiger partial charge in [-0.1, -0.05) is 5.16 Å². The van der Waals surface area contributed by atoms with Crippen LogP contribution in [0.4, 0.5) is 5.69 Å². The van der Waals surface area contributed by atoms with Crippen LogP contribution in [-0.4, -0.2) is 22.1 Å². The molecule has 1 fully saturated rings. The van der Waals surface area contributed by atoms with Crippen molar-refractivity contribution in [1.82, 2.24) is 5.16 Å². The van der Waals surface area contributed by atoms with Gasteiger partial charge < -0.3 is 14.9 Å². The fraction of sp³-hybridized carbons (Fsp3) is 0.167. The lowest BCUT2D eigenvalue weighted by molar-refractivity contribution is -0.117. The normalized spacial score (nSPS) is 13.8. The molecule has 120 valence electrons. The molecule has 4 rings (SSSR count). The summed E-state index contributed by atoms with van der Waals surface area (Å²) in [7, 11) is 0. The average molecular weight is 322 g/mol. The maximum Gasteiger partial charge on any atom is 0.335 e. The molecule has 2 N–H and O–H groups in total. The van der Waals surface area contributed by atoms with Gasteiger partial charge in [0.15, 0.2) is 5.76 Å². The molecule has 6 nitrogen and oxygen atoms in total. The molecule has 1 aromatic heterocycles. The zero-order valence-corrected chi connectivity index (χ0v) is 12.7. The van der Waals surface area contributed by atoms with Gasteiger partial charge in [-0.25, -0.2) is 4.79 Å². The lowest BCUT2D eigenvalue weighted by Gasteiger charge is -2.05. The van der Waals surface area contributed by atoms with Crippen LogP contribution in [-0.2, 0) is 4.79 Å². The summed E-state index contributed by atoms with van der Waals surface area (Å²) in [6, 6.07) is 11.9. The second-order valence-corrected chi connectivity index (χ2v) is 5.89. The second kappa shape index (κ2) is 5.49. The van der Waals surface area contributed by atoms with Crippen molar-refractivity contribution in [3.05, 3.63) is 48.0 Å². The van der Waals surface area contributed by atoms with Gasteiger partial charge in [-0.15, -0.1) is 0 Å². The number of aromatic carboxylic acids is 1. The van der Waals surface area contributed by atoms with Gasteiger partial charge in [0.2, 0.25) is 5.91 Å². The number of nitrogens with zero attached hydrogens (tertiary/aromatic N) is 1. The summed E-state index contributed by atoms with van der Waals surface area (Å²) < 4.78 is 5.37.